The standard InChI is InChI=1S/C14H17N3O.C10H13NO3.C9H11NO3.C8H10BrNO2.C8H9NO3.C8H11NO2.C7H10BNO3.C7H8BrNO.C7H9NO2.C7H9NO.C6H6ClN.C3H8O/c15-14(18)11-2-1-10-5-8-17(13(10)9-11)12-3-6-16-7-4-12;1-12-7-6-8-9(13-2)4-5-10(11-8)14-3;1-12-8-3-4-9(13-2)10-7(8)5-6-11;1-11-7-3-4-8(12-2)10-6(7)5-9;1-11-7-3-4-8(12-2)9-6(7)5-10;1-6-7(10-2)4-5-8(9-6)11-3;1-5-6(8(10)11)3-4-7(9-5)12-2;1-5-6(8)3-4-7(9-5)10-2;1-5-6(9)3-4-7(8-5)10-2;1-6-4-3-5-7(8-6)9-2;1-5-3-2-4-6(7)8-5;1-3-4-2/h1-2,5,8-9,12,16H,3-4,6-7H2,(H2,15,18);4-7H,1-3H3;3-4,6H,5H2,1-2H3;3-4H,5H2,1-2H3;3-5H,1-2H3;4-5H,1-3H3;3-4,10-11H,1-2H3;3-4H,1-2H3;3-4,9H,1-2H3;3-5H,1-2H3;2-4H,1H3;3H2,1-2H3/b;7-6+;;;;;;;;;;. The number of nitrogens with two attached hydrogens (primary N) is 1. The Morgan fingerprint density at radius 2 is 0.902 bits per heavy atom. The molecule has 0 bridgehead atoms. The molecule has 35 nitrogen and oxygen atoms in total. The quantitative estimate of drug-likeness (QED) is 0.0123. The third-order valence-electron chi connectivity index (χ3n) is 17.5. The number of aromatic hydroxyl groups is 1. The average Bonchev–Trinajstić information content (AvgIpc) is 1.30. The minimum absolute atomic E-state index is 0.195. The largest absolute Gasteiger partial charge is 0.506 e. The van der Waals surface area contributed by atoms with Crippen molar-refractivity contribution >= 4 is 91.5 Å². The van der Waals surface area contributed by atoms with E-state index in [1.807, 2.05) is 101 Å². The highest BCUT2D eigenvalue weighted by Gasteiger charge is 2.19. The summed E-state index contributed by atoms with van der Waals surface area (Å²) in [5.41, 5.74) is 14.7. The first-order valence-corrected chi connectivity index (χ1v) is 42.7. The Morgan fingerprint density at radius 1 is 0.481 bits per heavy atom. The number of piperidine rings is 1. The predicted molar refractivity (Wildman–Crippen MR) is 520 cm³/mol. The Balaban J connectivity index is 0.000000496. The highest BCUT2D eigenvalue weighted by Crippen LogP contribution is 2.29. The molecule has 718 valence electrons. The zero-order valence-electron chi connectivity index (χ0n) is 79.2. The zero-order chi connectivity index (χ0) is 99.2. The second kappa shape index (κ2) is 67.0. The number of amides is 1. The zero-order valence-corrected chi connectivity index (χ0v) is 83.2. The Hall–Kier alpha value is -13.2. The van der Waals surface area contributed by atoms with Gasteiger partial charge in [0.2, 0.25) is 58.8 Å². The summed E-state index contributed by atoms with van der Waals surface area (Å²) in [6, 6.07) is 47.0. The van der Waals surface area contributed by atoms with E-state index in [-0.39, 0.29) is 23.8 Å². The number of hydrogen-bond donors (Lipinski definition) is 5. The van der Waals surface area contributed by atoms with Gasteiger partial charge in [0.1, 0.15) is 57.3 Å². The number of aryl methyl sites for hydroxylation is 6. The summed E-state index contributed by atoms with van der Waals surface area (Å²) >= 11 is 12.2. The van der Waals surface area contributed by atoms with E-state index >= 15 is 0 Å². The fraction of sp³-hybridized carbons (Fsp3) is 0.330. The topological polar surface area (TPSA) is 431 Å². The van der Waals surface area contributed by atoms with Gasteiger partial charge in [-0.1, -0.05) is 51.8 Å². The van der Waals surface area contributed by atoms with Crippen molar-refractivity contribution in [1.29, 1.82) is 0 Å². The van der Waals surface area contributed by atoms with Gasteiger partial charge in [0, 0.05) is 130 Å². The lowest BCUT2D eigenvalue weighted by atomic mass is 9.79. The predicted octanol–water partition coefficient (Wildman–Crippen LogP) is 15.0. The molecule has 1 aromatic carbocycles. The minimum Gasteiger partial charge on any atom is -0.506 e. The number of pyridine rings is 10. The van der Waals surface area contributed by atoms with E-state index < -0.39 is 7.12 Å². The van der Waals surface area contributed by atoms with Gasteiger partial charge in [-0.3, -0.25) is 9.59 Å². The molecule has 13 rings (SSSR count). The first kappa shape index (κ1) is 116. The molecule has 0 aliphatic carbocycles. The van der Waals surface area contributed by atoms with Crippen molar-refractivity contribution in [2.75, 3.05) is 133 Å². The monoisotopic (exact) mass is 1990 g/mol. The molecule has 0 atom stereocenters. The normalized spacial score (nSPS) is 10.5. The van der Waals surface area contributed by atoms with Crippen LogP contribution in [0.2, 0.25) is 5.15 Å². The Kier molecular flexibility index (Phi) is 58.4. The van der Waals surface area contributed by atoms with E-state index in [0.717, 1.165) is 88.8 Å². The number of rotatable bonds is 24. The van der Waals surface area contributed by atoms with Crippen LogP contribution in [0, 0.1) is 41.5 Å². The molecular formula is C94H121BBr2ClN13O22. The van der Waals surface area contributed by atoms with E-state index in [0.29, 0.717) is 127 Å². The lowest BCUT2D eigenvalue weighted by Gasteiger charge is -2.25. The fourth-order valence-corrected chi connectivity index (χ4v) is 11.4. The minimum atomic E-state index is -1.47. The summed E-state index contributed by atoms with van der Waals surface area (Å²) in [6.45, 7) is 15.9. The van der Waals surface area contributed by atoms with E-state index in [1.54, 1.807) is 183 Å². The Labute approximate surface area is 799 Å². The number of halogens is 3. The maximum Gasteiger partial charge on any atom is 0.490 e. The third kappa shape index (κ3) is 43.6. The first-order valence-electron chi connectivity index (χ1n) is 40.4. The number of benzene rings is 1. The number of nitrogens with zero attached hydrogens (tertiary/aromatic N) is 11. The number of primary amides is 1. The number of aldehydes is 2. The van der Waals surface area contributed by atoms with Crippen molar-refractivity contribution < 1.29 is 105 Å². The second-order valence-corrected chi connectivity index (χ2v) is 28.1. The summed E-state index contributed by atoms with van der Waals surface area (Å²) in [4.78, 5) is 72.5. The SMILES string of the molecule is CCOC.CO/C=C/c1nc(OC)ccc1OC.COc1ccc(B(O)O)c(C)n1.COc1ccc(Br)c(C)n1.COc1ccc(O)c(C)n1.COc1ccc(OC)c(C)n1.COc1ccc(OC)c(C=O)n1.COc1ccc(OC)c(CBr)n1.COc1ccc(OC)c(CC=O)n1.COc1cccc(C)n1.Cc1cccc(Cl)n1.NC(=O)c1ccc2ccn(C3CCNCC3)c2c1. The van der Waals surface area contributed by atoms with Crippen LogP contribution in [-0.4, -0.2) is 229 Å². The third-order valence-corrected chi connectivity index (χ3v) is 19.1. The number of aromatic nitrogens is 11. The van der Waals surface area contributed by atoms with Crippen molar-refractivity contribution in [2.45, 2.75) is 79.1 Å². The van der Waals surface area contributed by atoms with Crippen LogP contribution in [0.15, 0.2) is 175 Å². The number of hydrogen-bond acceptors (Lipinski definition) is 33. The molecule has 1 aliphatic heterocycles. The molecule has 12 aromatic rings. The van der Waals surface area contributed by atoms with Gasteiger partial charge in [0.25, 0.3) is 0 Å². The average molecular weight is 1990 g/mol. The highest BCUT2D eigenvalue weighted by atomic mass is 79.9. The van der Waals surface area contributed by atoms with Crippen LogP contribution in [0.5, 0.6) is 87.4 Å². The molecule has 1 aliphatic rings. The van der Waals surface area contributed by atoms with Crippen molar-refractivity contribution in [3.63, 3.8) is 0 Å². The lowest BCUT2D eigenvalue weighted by Crippen LogP contribution is -2.32. The molecule has 0 unspecified atom stereocenters. The maximum absolute atomic E-state index is 11.3. The van der Waals surface area contributed by atoms with E-state index in [2.05, 4.69) is 109 Å². The van der Waals surface area contributed by atoms with Gasteiger partial charge in [0.15, 0.2) is 6.29 Å². The van der Waals surface area contributed by atoms with Gasteiger partial charge in [-0.2, -0.15) is 0 Å². The Morgan fingerprint density at radius 3 is 1.32 bits per heavy atom. The summed E-state index contributed by atoms with van der Waals surface area (Å²) in [5, 5.41) is 32.5. The smallest absolute Gasteiger partial charge is 0.490 e. The number of fused-ring (bicyclic) bond motifs is 1. The van der Waals surface area contributed by atoms with E-state index in [4.69, 9.17) is 104 Å². The molecule has 1 amide bonds. The van der Waals surface area contributed by atoms with Crippen LogP contribution in [0.1, 0.15) is 97.9 Å². The molecule has 1 fully saturated rings. The van der Waals surface area contributed by atoms with Gasteiger partial charge in [0.05, 0.1) is 141 Å². The van der Waals surface area contributed by atoms with Crippen LogP contribution in [0.4, 0.5) is 0 Å². The van der Waals surface area contributed by atoms with Crippen molar-refractivity contribution in [2.24, 2.45) is 5.73 Å². The molecule has 0 saturated carbocycles. The maximum atomic E-state index is 11.3. The van der Waals surface area contributed by atoms with Gasteiger partial charge in [-0.05, 0) is 181 Å². The molecule has 11 aromatic heterocycles. The number of methoxy groups -OCH3 is 16. The molecule has 133 heavy (non-hydrogen) atoms. The van der Waals surface area contributed by atoms with Crippen molar-refractivity contribution in [3.05, 3.63) is 242 Å². The summed E-state index contributed by atoms with van der Waals surface area (Å²) in [6.07, 6.45) is 9.26. The summed E-state index contributed by atoms with van der Waals surface area (Å²) in [5.74, 6) is 8.08. The highest BCUT2D eigenvalue weighted by molar-refractivity contribution is 9.10. The van der Waals surface area contributed by atoms with Gasteiger partial charge in [-0.25, -0.2) is 49.8 Å². The molecule has 39 heteroatoms. The molecule has 6 N–H and O–H groups in total. The van der Waals surface area contributed by atoms with E-state index in [9.17, 15) is 14.4 Å². The van der Waals surface area contributed by atoms with Crippen molar-refractivity contribution in [3.8, 4) is 87.4 Å². The summed E-state index contributed by atoms with van der Waals surface area (Å²) < 4.78 is 81.9. The van der Waals surface area contributed by atoms with Gasteiger partial charge in [-0.15, -0.1) is 0 Å². The van der Waals surface area contributed by atoms with Gasteiger partial charge >= 0.3 is 7.12 Å². The van der Waals surface area contributed by atoms with Crippen LogP contribution >= 0.6 is 43.5 Å². The second-order valence-electron chi connectivity index (χ2n) is 26.3. The fourth-order valence-electron chi connectivity index (χ4n) is 10.6. The Bertz CT molecular complexity index is 5350. The molecule has 0 spiro atoms. The number of nitrogens with one attached hydrogen (secondary N) is 1. The molecule has 0 radical (unpaired) electrons. The van der Waals surface area contributed by atoms with Crippen molar-refractivity contribution in [1.82, 2.24) is 59.7 Å². The summed E-state index contributed by atoms with van der Waals surface area (Å²) in [7, 11) is 23.7. The first-order chi connectivity index (χ1) is 63.9. The molecular weight excluding hydrogens is 1870 g/mol. The van der Waals surface area contributed by atoms with Gasteiger partial charge < -0.3 is 111 Å². The number of carbonyl (C=O) groups excluding carboxylic acids is 3. The van der Waals surface area contributed by atoms with Crippen LogP contribution < -0.4 is 82.8 Å². The number of ether oxygens (including phenoxy) is 16. The number of carbonyl (C=O) groups is 3. The van der Waals surface area contributed by atoms with Crippen LogP contribution in [-0.2, 0) is 26.0 Å². The molecule has 1 saturated heterocycles. The lowest BCUT2D eigenvalue weighted by molar-refractivity contribution is -0.107. The van der Waals surface area contributed by atoms with Crippen LogP contribution in [0.25, 0.3) is 17.0 Å². The van der Waals surface area contributed by atoms with E-state index in [1.165, 1.54) is 47.2 Å². The van der Waals surface area contributed by atoms with Crippen LogP contribution in [0.3, 0.4) is 0 Å². The molecule has 12 heterocycles. The number of alkyl halides is 1.